The first-order valence-corrected chi connectivity index (χ1v) is 7.70. The molecule has 2 aromatic rings. The van der Waals surface area contributed by atoms with Gasteiger partial charge in [-0.3, -0.25) is 9.88 Å². The van der Waals surface area contributed by atoms with Crippen LogP contribution in [-0.2, 0) is 0 Å². The van der Waals surface area contributed by atoms with Crippen LogP contribution in [0.2, 0.25) is 0 Å². The van der Waals surface area contributed by atoms with Crippen molar-refractivity contribution in [1.29, 1.82) is 0 Å². The maximum absolute atomic E-state index is 11.6. The third-order valence-corrected chi connectivity index (χ3v) is 4.10. The highest BCUT2D eigenvalue weighted by atomic mass is 79.9. The van der Waals surface area contributed by atoms with E-state index in [4.69, 9.17) is 0 Å². The molecule has 2 heterocycles. The highest BCUT2D eigenvalue weighted by Gasteiger charge is 2.30. The monoisotopic (exact) mass is 354 g/mol. The van der Waals surface area contributed by atoms with E-state index in [1.54, 1.807) is 6.20 Å². The summed E-state index contributed by atoms with van der Waals surface area (Å²) in [6, 6.07) is 5.60. The molecule has 0 atom stereocenters. The molecule has 0 aliphatic heterocycles. The van der Waals surface area contributed by atoms with Crippen LogP contribution >= 0.6 is 27.3 Å². The number of thiophene rings is 1. The van der Waals surface area contributed by atoms with E-state index in [0.717, 1.165) is 15.0 Å². The van der Waals surface area contributed by atoms with Gasteiger partial charge in [-0.1, -0.05) is 0 Å². The molecule has 0 unspecified atom stereocenters. The van der Waals surface area contributed by atoms with Crippen molar-refractivity contribution in [3.63, 3.8) is 0 Å². The smallest absolute Gasteiger partial charge is 0.412 e. The van der Waals surface area contributed by atoms with E-state index in [9.17, 15) is 9.90 Å². The molecule has 1 N–H and O–H groups in total. The summed E-state index contributed by atoms with van der Waals surface area (Å²) < 4.78 is 0.894. The molecule has 2 aromatic heterocycles. The van der Waals surface area contributed by atoms with Crippen LogP contribution in [0, 0.1) is 0 Å². The summed E-state index contributed by atoms with van der Waals surface area (Å²) in [5, 5.41) is 11.4. The van der Waals surface area contributed by atoms with Gasteiger partial charge in [-0.25, -0.2) is 4.79 Å². The van der Waals surface area contributed by atoms with Crippen molar-refractivity contribution >= 4 is 39.0 Å². The van der Waals surface area contributed by atoms with Gasteiger partial charge in [0.25, 0.3) is 0 Å². The molecule has 2 rings (SSSR count). The average molecular weight is 355 g/mol. The first-order valence-electron chi connectivity index (χ1n) is 6.03. The Morgan fingerprint density at radius 3 is 2.55 bits per heavy atom. The van der Waals surface area contributed by atoms with Crippen molar-refractivity contribution in [3.05, 3.63) is 34.2 Å². The van der Waals surface area contributed by atoms with Crippen LogP contribution in [0.25, 0.3) is 10.6 Å². The van der Waals surface area contributed by atoms with Gasteiger partial charge in [0.15, 0.2) is 0 Å². The molecule has 0 radical (unpaired) electrons. The van der Waals surface area contributed by atoms with Crippen molar-refractivity contribution in [3.8, 4) is 10.6 Å². The fraction of sp³-hybridized carbons (Fsp3) is 0.286. The topological polar surface area (TPSA) is 53.4 Å². The standard InChI is InChI=1S/C14H15BrN2O2S/c1-14(2,3)17(13(18)19)11-6-7-20-12(11)10-5-4-9(15)8-16-10/h4-8H,1-3H3,(H,18,19). The van der Waals surface area contributed by atoms with Crippen molar-refractivity contribution in [2.75, 3.05) is 4.90 Å². The van der Waals surface area contributed by atoms with E-state index in [-0.39, 0.29) is 0 Å². The molecule has 0 spiro atoms. The molecule has 0 fully saturated rings. The predicted molar refractivity (Wildman–Crippen MR) is 85.5 cm³/mol. The van der Waals surface area contributed by atoms with Gasteiger partial charge in [-0.2, -0.15) is 0 Å². The first kappa shape index (κ1) is 15.0. The molecule has 0 aliphatic carbocycles. The Morgan fingerprint density at radius 2 is 2.05 bits per heavy atom. The van der Waals surface area contributed by atoms with E-state index in [0.29, 0.717) is 5.69 Å². The molecule has 0 saturated heterocycles. The Bertz CT molecular complexity index is 617. The van der Waals surface area contributed by atoms with Gasteiger partial charge in [0, 0.05) is 16.2 Å². The zero-order chi connectivity index (χ0) is 14.9. The van der Waals surface area contributed by atoms with Gasteiger partial charge in [0.2, 0.25) is 0 Å². The molecule has 4 nitrogen and oxygen atoms in total. The fourth-order valence-corrected chi connectivity index (χ4v) is 3.02. The van der Waals surface area contributed by atoms with E-state index < -0.39 is 11.6 Å². The number of carbonyl (C=O) groups is 1. The predicted octanol–water partition coefficient (Wildman–Crippen LogP) is 4.86. The third kappa shape index (κ3) is 3.02. The molecule has 1 amide bonds. The molecular formula is C14H15BrN2O2S. The SMILES string of the molecule is CC(C)(C)N(C(=O)O)c1ccsc1-c1ccc(Br)cn1. The molecular weight excluding hydrogens is 340 g/mol. The summed E-state index contributed by atoms with van der Waals surface area (Å²) in [7, 11) is 0. The Balaban J connectivity index is 2.52. The van der Waals surface area contributed by atoms with Crippen LogP contribution in [0.15, 0.2) is 34.2 Å². The number of rotatable bonds is 2. The summed E-state index contributed by atoms with van der Waals surface area (Å²) in [5.41, 5.74) is 0.926. The van der Waals surface area contributed by atoms with Gasteiger partial charge in [0.05, 0.1) is 16.3 Å². The molecule has 0 saturated carbocycles. The molecule has 0 bridgehead atoms. The van der Waals surface area contributed by atoms with E-state index in [1.165, 1.54) is 16.2 Å². The summed E-state index contributed by atoms with van der Waals surface area (Å²) in [4.78, 5) is 18.2. The Kier molecular flexibility index (Phi) is 4.15. The Labute approximate surface area is 130 Å². The van der Waals surface area contributed by atoms with Gasteiger partial charge in [0.1, 0.15) is 0 Å². The third-order valence-electron chi connectivity index (χ3n) is 2.71. The van der Waals surface area contributed by atoms with Gasteiger partial charge in [-0.15, -0.1) is 11.3 Å². The number of anilines is 1. The maximum atomic E-state index is 11.6. The second-order valence-electron chi connectivity index (χ2n) is 5.29. The lowest BCUT2D eigenvalue weighted by atomic mass is 10.1. The molecule has 106 valence electrons. The van der Waals surface area contributed by atoms with Crippen LogP contribution in [-0.4, -0.2) is 21.7 Å². The van der Waals surface area contributed by atoms with Crippen molar-refractivity contribution < 1.29 is 9.90 Å². The van der Waals surface area contributed by atoms with Crippen molar-refractivity contribution in [2.24, 2.45) is 0 Å². The highest BCUT2D eigenvalue weighted by molar-refractivity contribution is 9.10. The van der Waals surface area contributed by atoms with Gasteiger partial charge in [-0.05, 0) is 60.3 Å². The number of aromatic nitrogens is 1. The quantitative estimate of drug-likeness (QED) is 0.837. The van der Waals surface area contributed by atoms with E-state index in [2.05, 4.69) is 20.9 Å². The largest absolute Gasteiger partial charge is 0.465 e. The summed E-state index contributed by atoms with van der Waals surface area (Å²) in [6.07, 6.45) is 0.746. The second kappa shape index (κ2) is 5.54. The Hall–Kier alpha value is -1.40. The highest BCUT2D eigenvalue weighted by Crippen LogP contribution is 2.38. The number of hydrogen-bond acceptors (Lipinski definition) is 3. The maximum Gasteiger partial charge on any atom is 0.412 e. The van der Waals surface area contributed by atoms with Crippen LogP contribution in [0.3, 0.4) is 0 Å². The van der Waals surface area contributed by atoms with E-state index >= 15 is 0 Å². The summed E-state index contributed by atoms with van der Waals surface area (Å²) in [6.45, 7) is 5.62. The molecule has 0 aliphatic rings. The van der Waals surface area contributed by atoms with Crippen LogP contribution in [0.1, 0.15) is 20.8 Å². The van der Waals surface area contributed by atoms with E-state index in [1.807, 2.05) is 44.4 Å². The number of pyridine rings is 1. The van der Waals surface area contributed by atoms with Crippen LogP contribution < -0.4 is 4.90 Å². The second-order valence-corrected chi connectivity index (χ2v) is 7.12. The average Bonchev–Trinajstić information content (AvgIpc) is 2.76. The lowest BCUT2D eigenvalue weighted by molar-refractivity contribution is 0.195. The van der Waals surface area contributed by atoms with Crippen LogP contribution in [0.5, 0.6) is 0 Å². The van der Waals surface area contributed by atoms with Gasteiger partial charge < -0.3 is 5.11 Å². The summed E-state index contributed by atoms with van der Waals surface area (Å²) >= 11 is 4.84. The normalized spacial score (nSPS) is 11.4. The minimum Gasteiger partial charge on any atom is -0.465 e. The Morgan fingerprint density at radius 1 is 1.35 bits per heavy atom. The zero-order valence-electron chi connectivity index (χ0n) is 11.4. The van der Waals surface area contributed by atoms with Crippen LogP contribution in [0.4, 0.5) is 10.5 Å². The number of amides is 1. The minimum atomic E-state index is -0.964. The van der Waals surface area contributed by atoms with Gasteiger partial charge >= 0.3 is 6.09 Å². The van der Waals surface area contributed by atoms with Crippen molar-refractivity contribution in [2.45, 2.75) is 26.3 Å². The minimum absolute atomic E-state index is 0.517. The van der Waals surface area contributed by atoms with Crippen molar-refractivity contribution in [1.82, 2.24) is 4.98 Å². The number of nitrogens with zero attached hydrogens (tertiary/aromatic N) is 2. The molecule has 20 heavy (non-hydrogen) atoms. The first-order chi connectivity index (χ1) is 9.30. The fourth-order valence-electron chi connectivity index (χ4n) is 1.93. The zero-order valence-corrected chi connectivity index (χ0v) is 13.8. The number of carboxylic acid groups (broad SMARTS) is 1. The summed E-state index contributed by atoms with van der Waals surface area (Å²) in [5.74, 6) is 0. The number of hydrogen-bond donors (Lipinski definition) is 1. The lowest BCUT2D eigenvalue weighted by Gasteiger charge is -2.33. The molecule has 0 aromatic carbocycles. The molecule has 6 heteroatoms. The number of halogens is 1. The lowest BCUT2D eigenvalue weighted by Crippen LogP contribution is -2.45.